The van der Waals surface area contributed by atoms with Gasteiger partial charge < -0.3 is 5.43 Å². The zero-order valence-corrected chi connectivity index (χ0v) is 23.6. The summed E-state index contributed by atoms with van der Waals surface area (Å²) in [5.74, 6) is 1.10. The number of hydrogen-bond donors (Lipinski definition) is 2. The lowest BCUT2D eigenvalue weighted by Crippen LogP contribution is -2.42. The van der Waals surface area contributed by atoms with Crippen molar-refractivity contribution in [2.45, 2.75) is 99.7 Å². The van der Waals surface area contributed by atoms with Crippen LogP contribution in [0, 0.1) is 38.0 Å². The van der Waals surface area contributed by atoms with Crippen LogP contribution in [-0.2, 0) is 0 Å². The van der Waals surface area contributed by atoms with E-state index in [4.69, 9.17) is 0 Å². The van der Waals surface area contributed by atoms with Crippen molar-refractivity contribution in [3.63, 3.8) is 0 Å². The van der Waals surface area contributed by atoms with Crippen molar-refractivity contribution in [3.8, 4) is 6.07 Å². The molecule has 1 aliphatic carbocycles. The highest BCUT2D eigenvalue weighted by atomic mass is 19.4. The van der Waals surface area contributed by atoms with E-state index in [0.29, 0.717) is 22.5 Å². The van der Waals surface area contributed by atoms with E-state index in [0.717, 1.165) is 35.1 Å². The van der Waals surface area contributed by atoms with Gasteiger partial charge in [0.2, 0.25) is 0 Å². The Morgan fingerprint density at radius 3 is 2.14 bits per heavy atom. The molecule has 0 radical (unpaired) electrons. The van der Waals surface area contributed by atoms with Gasteiger partial charge in [-0.25, -0.2) is 5.43 Å². The van der Waals surface area contributed by atoms with Gasteiger partial charge in [0.25, 0.3) is 0 Å². The molecular formula is C30H43F3N4. The predicted octanol–water partition coefficient (Wildman–Crippen LogP) is 8.94. The lowest BCUT2D eigenvalue weighted by atomic mass is 9.92. The smallest absolute Gasteiger partial charge is 0.319 e. The maximum absolute atomic E-state index is 12.5. The molecule has 1 aliphatic rings. The molecular weight excluding hydrogens is 473 g/mol. The van der Waals surface area contributed by atoms with E-state index >= 15 is 0 Å². The second-order valence-corrected chi connectivity index (χ2v) is 9.39. The van der Waals surface area contributed by atoms with E-state index < -0.39 is 12.2 Å². The molecule has 3 rings (SSSR count). The fourth-order valence-electron chi connectivity index (χ4n) is 4.09. The van der Waals surface area contributed by atoms with Crippen LogP contribution in [0.2, 0.25) is 0 Å². The molecule has 0 aliphatic heterocycles. The zero-order valence-electron chi connectivity index (χ0n) is 23.6. The third-order valence-corrected chi connectivity index (χ3v) is 6.72. The third-order valence-electron chi connectivity index (χ3n) is 6.72. The molecule has 0 bridgehead atoms. The first-order chi connectivity index (χ1) is 17.5. The summed E-state index contributed by atoms with van der Waals surface area (Å²) in [7, 11) is 0. The number of anilines is 1. The number of nitrogens with zero attached hydrogens (tertiary/aromatic N) is 2. The highest BCUT2D eigenvalue weighted by Crippen LogP contribution is 2.29. The molecule has 0 spiro atoms. The summed E-state index contributed by atoms with van der Waals surface area (Å²) < 4.78 is 37.6. The summed E-state index contributed by atoms with van der Waals surface area (Å²) in [6, 6.07) is 7.88. The Morgan fingerprint density at radius 1 is 1.08 bits per heavy atom. The number of hydrogen-bond acceptors (Lipinski definition) is 4. The monoisotopic (exact) mass is 516 g/mol. The van der Waals surface area contributed by atoms with Crippen molar-refractivity contribution in [2.75, 3.05) is 5.43 Å². The van der Waals surface area contributed by atoms with Crippen LogP contribution in [0.3, 0.4) is 0 Å². The number of pyridine rings is 1. The topological polar surface area (TPSA) is 60.7 Å². The van der Waals surface area contributed by atoms with Crippen LogP contribution in [0.5, 0.6) is 0 Å². The highest BCUT2D eigenvalue weighted by Gasteiger charge is 2.35. The van der Waals surface area contributed by atoms with Gasteiger partial charge in [0.05, 0.1) is 23.2 Å². The summed E-state index contributed by atoms with van der Waals surface area (Å²) in [5, 5.41) is 9.71. The van der Waals surface area contributed by atoms with Gasteiger partial charge in [0.15, 0.2) is 0 Å². The van der Waals surface area contributed by atoms with Gasteiger partial charge in [0, 0.05) is 0 Å². The number of allylic oxidation sites excluding steroid dienone is 2. The number of nitriles is 1. The lowest BCUT2D eigenvalue weighted by molar-refractivity contribution is -0.150. The van der Waals surface area contributed by atoms with E-state index in [1.54, 1.807) is 12.1 Å². The summed E-state index contributed by atoms with van der Waals surface area (Å²) in [6.45, 7) is 15.1. The first kappa shape index (κ1) is 32.2. The quantitative estimate of drug-likeness (QED) is 0.297. The number of rotatable bonds is 6. The second kappa shape index (κ2) is 15.4. The van der Waals surface area contributed by atoms with E-state index in [1.807, 2.05) is 53.7 Å². The third kappa shape index (κ3) is 9.85. The van der Waals surface area contributed by atoms with Crippen molar-refractivity contribution in [1.29, 1.82) is 5.26 Å². The number of benzene rings is 1. The van der Waals surface area contributed by atoms with Gasteiger partial charge in [-0.1, -0.05) is 65.0 Å². The van der Waals surface area contributed by atoms with Crippen molar-refractivity contribution in [3.05, 3.63) is 58.4 Å². The van der Waals surface area contributed by atoms with Gasteiger partial charge in [-0.2, -0.15) is 18.4 Å². The Labute approximate surface area is 221 Å². The van der Waals surface area contributed by atoms with Crippen LogP contribution in [0.25, 0.3) is 11.1 Å². The summed E-state index contributed by atoms with van der Waals surface area (Å²) in [4.78, 5) is 4.29. The molecule has 1 aromatic heterocycles. The molecule has 1 atom stereocenters. The molecule has 204 valence electrons. The minimum Gasteiger partial charge on any atom is -0.319 e. The van der Waals surface area contributed by atoms with Gasteiger partial charge >= 0.3 is 6.18 Å². The van der Waals surface area contributed by atoms with Crippen LogP contribution in [-0.4, -0.2) is 17.2 Å². The molecule has 0 amide bonds. The first-order valence-electron chi connectivity index (χ1n) is 13.2. The molecule has 1 saturated carbocycles. The molecule has 0 saturated heterocycles. The summed E-state index contributed by atoms with van der Waals surface area (Å²) in [5.41, 5.74) is 11.0. The first-order valence-corrected chi connectivity index (χ1v) is 13.2. The van der Waals surface area contributed by atoms with Gasteiger partial charge in [-0.3, -0.25) is 4.98 Å². The van der Waals surface area contributed by atoms with Crippen molar-refractivity contribution < 1.29 is 13.2 Å². The molecule has 2 aromatic rings. The second-order valence-electron chi connectivity index (χ2n) is 9.39. The Morgan fingerprint density at radius 2 is 1.68 bits per heavy atom. The number of nitrogens with one attached hydrogen (secondary N) is 2. The number of aryl methyl sites for hydroxylation is 3. The fourth-order valence-corrected chi connectivity index (χ4v) is 4.09. The normalized spacial score (nSPS) is 14.9. The Kier molecular flexibility index (Phi) is 13.4. The molecule has 4 nitrogen and oxygen atoms in total. The minimum atomic E-state index is -4.34. The average Bonchev–Trinajstić information content (AvgIpc) is 3.41. The fraction of sp³-hybridized carbons (Fsp3) is 0.533. The summed E-state index contributed by atoms with van der Waals surface area (Å²) >= 11 is 0. The molecule has 2 N–H and O–H groups in total. The maximum atomic E-state index is 12.5. The van der Waals surface area contributed by atoms with Crippen molar-refractivity contribution in [1.82, 2.24) is 10.4 Å². The van der Waals surface area contributed by atoms with Gasteiger partial charge in [0.1, 0.15) is 12.1 Å². The minimum absolute atomic E-state index is 0.397. The van der Waals surface area contributed by atoms with Crippen molar-refractivity contribution in [2.24, 2.45) is 5.92 Å². The molecule has 1 fully saturated rings. The summed E-state index contributed by atoms with van der Waals surface area (Å²) in [6.07, 6.45) is 4.52. The SMILES string of the molecule is C/C(=C(/C#N)c1cc(C)c(C)cc1C)c1ccc(NN[C@@H](C)C(F)(F)F)cn1.CC.CCC1CCCC1. The molecule has 0 unspecified atom stereocenters. The molecule has 37 heavy (non-hydrogen) atoms. The van der Waals surface area contributed by atoms with Crippen LogP contribution in [0.1, 0.15) is 94.7 Å². The van der Waals surface area contributed by atoms with E-state index in [9.17, 15) is 18.4 Å². The number of aromatic nitrogens is 1. The largest absolute Gasteiger partial charge is 0.405 e. The Bertz CT molecular complexity index is 1040. The molecule has 7 heteroatoms. The van der Waals surface area contributed by atoms with Gasteiger partial charge in [-0.05, 0) is 80.5 Å². The lowest BCUT2D eigenvalue weighted by Gasteiger charge is -2.18. The Balaban J connectivity index is 0.000000645. The van der Waals surface area contributed by atoms with Crippen LogP contribution < -0.4 is 10.9 Å². The van der Waals surface area contributed by atoms with Crippen LogP contribution in [0.15, 0.2) is 30.5 Å². The van der Waals surface area contributed by atoms with E-state index in [2.05, 4.69) is 28.8 Å². The van der Waals surface area contributed by atoms with Gasteiger partial charge in [-0.15, -0.1) is 0 Å². The standard InChI is InChI=1S/C21H23F3N4.C7H14.C2H6/c1-12-8-14(3)18(9-13(12)2)19(10-25)15(4)20-7-6-17(11-26-20)28-27-16(5)21(22,23)24;1-2-7-5-3-4-6-7;1-2/h6-9,11,16,27-28H,1-5H3;7H,2-6H2,1H3;1-2H3/b19-15+;;/t16-;;/m0../s1. The van der Waals surface area contributed by atoms with Crippen molar-refractivity contribution >= 4 is 16.8 Å². The maximum Gasteiger partial charge on any atom is 0.405 e. The average molecular weight is 517 g/mol. The highest BCUT2D eigenvalue weighted by molar-refractivity contribution is 5.96. The Hall–Kier alpha value is -2.85. The zero-order chi connectivity index (χ0) is 28.2. The number of hydrazine groups is 1. The predicted molar refractivity (Wildman–Crippen MR) is 149 cm³/mol. The molecule has 1 aromatic carbocycles. The van der Waals surface area contributed by atoms with Crippen LogP contribution in [0.4, 0.5) is 18.9 Å². The molecule has 1 heterocycles. The number of halogens is 3. The van der Waals surface area contributed by atoms with E-state index in [-0.39, 0.29) is 0 Å². The van der Waals surface area contributed by atoms with Crippen LogP contribution >= 0.6 is 0 Å². The van der Waals surface area contributed by atoms with E-state index in [1.165, 1.54) is 38.3 Å². The number of alkyl halides is 3.